The lowest BCUT2D eigenvalue weighted by molar-refractivity contribution is 0.239. The van der Waals surface area contributed by atoms with Crippen LogP contribution in [0.2, 0.25) is 0 Å². The smallest absolute Gasteiger partial charge is 0.0795 e. The molecule has 0 fully saturated rings. The predicted molar refractivity (Wildman–Crippen MR) is 85.9 cm³/mol. The van der Waals surface area contributed by atoms with Crippen molar-refractivity contribution >= 4 is 11.3 Å². The quantitative estimate of drug-likeness (QED) is 0.886. The van der Waals surface area contributed by atoms with Crippen LogP contribution in [0.3, 0.4) is 0 Å². The molecule has 1 unspecified atom stereocenters. The average Bonchev–Trinajstić information content (AvgIpc) is 2.93. The molecule has 0 aliphatic rings. The van der Waals surface area contributed by atoms with Gasteiger partial charge in [0, 0.05) is 24.5 Å². The van der Waals surface area contributed by atoms with Crippen LogP contribution in [0, 0.1) is 0 Å². The molecular weight excluding hydrogens is 266 g/mol. The van der Waals surface area contributed by atoms with Crippen molar-refractivity contribution in [2.75, 3.05) is 13.6 Å². The summed E-state index contributed by atoms with van der Waals surface area (Å²) < 4.78 is 0. The van der Waals surface area contributed by atoms with Crippen molar-refractivity contribution in [2.24, 2.45) is 5.73 Å². The van der Waals surface area contributed by atoms with Crippen LogP contribution in [0.25, 0.3) is 0 Å². The van der Waals surface area contributed by atoms with E-state index in [4.69, 9.17) is 5.73 Å². The molecular formula is C16H23N3S. The van der Waals surface area contributed by atoms with Crippen molar-refractivity contribution in [2.45, 2.75) is 32.4 Å². The third kappa shape index (κ3) is 3.66. The Morgan fingerprint density at radius 3 is 2.35 bits per heavy atom. The van der Waals surface area contributed by atoms with Gasteiger partial charge in [-0.2, -0.15) is 0 Å². The van der Waals surface area contributed by atoms with Gasteiger partial charge in [0.05, 0.1) is 11.2 Å². The summed E-state index contributed by atoms with van der Waals surface area (Å²) in [5, 5.41) is 2.09. The van der Waals surface area contributed by atoms with E-state index in [1.807, 2.05) is 5.51 Å². The highest BCUT2D eigenvalue weighted by molar-refractivity contribution is 7.07. The molecule has 0 bridgehead atoms. The van der Waals surface area contributed by atoms with E-state index in [-0.39, 0.29) is 6.04 Å². The first-order valence-electron chi connectivity index (χ1n) is 6.99. The second-order valence-corrected chi connectivity index (χ2v) is 6.19. The van der Waals surface area contributed by atoms with Crippen molar-refractivity contribution in [1.29, 1.82) is 0 Å². The Bertz CT molecular complexity index is 505. The van der Waals surface area contributed by atoms with Gasteiger partial charge < -0.3 is 5.73 Å². The highest BCUT2D eigenvalue weighted by Gasteiger charge is 2.16. The van der Waals surface area contributed by atoms with Gasteiger partial charge in [-0.3, -0.25) is 4.90 Å². The fourth-order valence-electron chi connectivity index (χ4n) is 2.35. The lowest BCUT2D eigenvalue weighted by Gasteiger charge is -2.27. The Kier molecular flexibility index (Phi) is 5.29. The Morgan fingerprint density at radius 2 is 1.85 bits per heavy atom. The fourth-order valence-corrected chi connectivity index (χ4v) is 2.90. The topological polar surface area (TPSA) is 42.1 Å². The fraction of sp³-hybridized carbons (Fsp3) is 0.438. The number of nitrogens with two attached hydrogens (primary N) is 1. The molecule has 1 aromatic heterocycles. The summed E-state index contributed by atoms with van der Waals surface area (Å²) in [7, 11) is 2.10. The van der Waals surface area contributed by atoms with E-state index in [1.54, 1.807) is 11.3 Å². The summed E-state index contributed by atoms with van der Waals surface area (Å²) in [5.74, 6) is 0.563. The van der Waals surface area contributed by atoms with Crippen molar-refractivity contribution in [3.63, 3.8) is 0 Å². The first kappa shape index (κ1) is 15.2. The van der Waals surface area contributed by atoms with Crippen molar-refractivity contribution in [3.8, 4) is 0 Å². The van der Waals surface area contributed by atoms with Crippen LogP contribution in [-0.4, -0.2) is 23.5 Å². The lowest BCUT2D eigenvalue weighted by atomic mass is 9.98. The minimum Gasteiger partial charge on any atom is -0.329 e. The third-order valence-electron chi connectivity index (χ3n) is 3.64. The summed E-state index contributed by atoms with van der Waals surface area (Å²) in [6.07, 6.45) is 0. The van der Waals surface area contributed by atoms with E-state index in [0.717, 1.165) is 12.2 Å². The molecule has 1 heterocycles. The van der Waals surface area contributed by atoms with Crippen LogP contribution in [0.15, 0.2) is 35.2 Å². The molecule has 2 rings (SSSR count). The van der Waals surface area contributed by atoms with E-state index in [2.05, 4.69) is 60.4 Å². The van der Waals surface area contributed by atoms with Crippen molar-refractivity contribution in [3.05, 3.63) is 52.0 Å². The first-order valence-corrected chi connectivity index (χ1v) is 7.93. The molecule has 0 radical (unpaired) electrons. The summed E-state index contributed by atoms with van der Waals surface area (Å²) in [4.78, 5) is 6.60. The second kappa shape index (κ2) is 6.97. The normalized spacial score (nSPS) is 13.1. The highest BCUT2D eigenvalue weighted by atomic mass is 32.1. The minimum atomic E-state index is 0.234. The Morgan fingerprint density at radius 1 is 1.20 bits per heavy atom. The van der Waals surface area contributed by atoms with Crippen molar-refractivity contribution < 1.29 is 0 Å². The third-order valence-corrected chi connectivity index (χ3v) is 4.27. The van der Waals surface area contributed by atoms with Gasteiger partial charge >= 0.3 is 0 Å². The number of rotatable bonds is 6. The summed E-state index contributed by atoms with van der Waals surface area (Å²) in [5.41, 5.74) is 11.6. The van der Waals surface area contributed by atoms with Crippen LogP contribution in [0.4, 0.5) is 0 Å². The number of hydrogen-bond acceptors (Lipinski definition) is 4. The minimum absolute atomic E-state index is 0.234. The largest absolute Gasteiger partial charge is 0.329 e. The Hall–Kier alpha value is -1.23. The molecule has 2 N–H and O–H groups in total. The van der Waals surface area contributed by atoms with Crippen molar-refractivity contribution in [1.82, 2.24) is 9.88 Å². The maximum absolute atomic E-state index is 5.97. The van der Waals surface area contributed by atoms with Gasteiger partial charge in [0.25, 0.3) is 0 Å². The molecule has 0 aliphatic carbocycles. The number of hydrogen-bond donors (Lipinski definition) is 1. The van der Waals surface area contributed by atoms with Gasteiger partial charge in [-0.15, -0.1) is 11.3 Å². The number of thiazole rings is 1. The monoisotopic (exact) mass is 289 g/mol. The molecule has 0 saturated carbocycles. The van der Waals surface area contributed by atoms with Gasteiger partial charge in [-0.25, -0.2) is 4.98 Å². The van der Waals surface area contributed by atoms with Crippen LogP contribution < -0.4 is 5.73 Å². The summed E-state index contributed by atoms with van der Waals surface area (Å²) in [6.45, 7) is 5.87. The van der Waals surface area contributed by atoms with Crippen LogP contribution >= 0.6 is 11.3 Å². The maximum Gasteiger partial charge on any atom is 0.0795 e. The van der Waals surface area contributed by atoms with E-state index in [0.29, 0.717) is 12.5 Å². The lowest BCUT2D eigenvalue weighted by Crippen LogP contribution is -2.30. The van der Waals surface area contributed by atoms with E-state index in [9.17, 15) is 0 Å². The van der Waals surface area contributed by atoms with Crippen LogP contribution in [0.5, 0.6) is 0 Å². The zero-order valence-corrected chi connectivity index (χ0v) is 13.2. The molecule has 3 nitrogen and oxygen atoms in total. The van der Waals surface area contributed by atoms with Gasteiger partial charge in [-0.1, -0.05) is 38.1 Å². The average molecular weight is 289 g/mol. The maximum atomic E-state index is 5.97. The molecule has 4 heteroatoms. The highest BCUT2D eigenvalue weighted by Crippen LogP contribution is 2.23. The molecule has 0 amide bonds. The van der Waals surface area contributed by atoms with Gasteiger partial charge in [0.1, 0.15) is 0 Å². The number of likely N-dealkylation sites (N-methyl/N-ethyl adjacent to an activating group) is 1. The molecule has 0 aliphatic heterocycles. The molecule has 1 aromatic carbocycles. The second-order valence-electron chi connectivity index (χ2n) is 5.47. The van der Waals surface area contributed by atoms with E-state index < -0.39 is 0 Å². The van der Waals surface area contributed by atoms with E-state index in [1.165, 1.54) is 11.1 Å². The van der Waals surface area contributed by atoms with Crippen LogP contribution in [0.1, 0.15) is 42.6 Å². The Balaban J connectivity index is 2.10. The summed E-state index contributed by atoms with van der Waals surface area (Å²) in [6, 6.07) is 9.05. The zero-order chi connectivity index (χ0) is 14.5. The molecule has 0 spiro atoms. The number of benzene rings is 1. The van der Waals surface area contributed by atoms with Crippen LogP contribution in [-0.2, 0) is 6.54 Å². The van der Waals surface area contributed by atoms with Gasteiger partial charge in [0.2, 0.25) is 0 Å². The predicted octanol–water partition coefficient (Wildman–Crippen LogP) is 3.40. The van der Waals surface area contributed by atoms with Gasteiger partial charge in [-0.05, 0) is 24.1 Å². The molecule has 2 aromatic rings. The van der Waals surface area contributed by atoms with Gasteiger partial charge in [0.15, 0.2) is 0 Å². The first-order chi connectivity index (χ1) is 9.61. The molecule has 20 heavy (non-hydrogen) atoms. The molecule has 1 atom stereocenters. The SMILES string of the molecule is CC(C)c1ccc(C(CN)N(C)Cc2cscn2)cc1. The molecule has 0 saturated heterocycles. The van der Waals surface area contributed by atoms with E-state index >= 15 is 0 Å². The standard InChI is InChI=1S/C16H23N3S/c1-12(2)13-4-6-14(7-5-13)16(8-17)19(3)9-15-10-20-11-18-15/h4-7,10-12,16H,8-9,17H2,1-3H3. The number of aromatic nitrogens is 1. The summed E-state index contributed by atoms with van der Waals surface area (Å²) >= 11 is 1.63. The zero-order valence-electron chi connectivity index (χ0n) is 12.4. The Labute approximate surface area is 125 Å². The molecule has 108 valence electrons. The number of nitrogens with zero attached hydrogens (tertiary/aromatic N) is 2.